The summed E-state index contributed by atoms with van der Waals surface area (Å²) in [6, 6.07) is 19.5. The van der Waals surface area contributed by atoms with Gasteiger partial charge in [-0.2, -0.15) is 5.26 Å². The van der Waals surface area contributed by atoms with Gasteiger partial charge in [-0.05, 0) is 42.7 Å². The zero-order chi connectivity index (χ0) is 22.8. The molecule has 2 amide bonds. The molecule has 0 saturated carbocycles. The van der Waals surface area contributed by atoms with Crippen LogP contribution in [0.3, 0.4) is 0 Å². The summed E-state index contributed by atoms with van der Waals surface area (Å²) >= 11 is 3.54. The highest BCUT2D eigenvalue weighted by atomic mass is 79.9. The second kappa shape index (κ2) is 11.8. The first-order valence-electron chi connectivity index (χ1n) is 10.9. The van der Waals surface area contributed by atoms with Gasteiger partial charge in [-0.3, -0.25) is 9.59 Å². The van der Waals surface area contributed by atoms with E-state index < -0.39 is 0 Å². The summed E-state index contributed by atoms with van der Waals surface area (Å²) in [7, 11) is 0. The highest BCUT2D eigenvalue weighted by molar-refractivity contribution is 9.10. The number of nitriles is 1. The van der Waals surface area contributed by atoms with Crippen molar-refractivity contribution in [1.82, 2.24) is 5.32 Å². The molecule has 1 fully saturated rings. The average Bonchev–Trinajstić information content (AvgIpc) is 2.83. The van der Waals surface area contributed by atoms with Crippen LogP contribution in [0.25, 0.3) is 0 Å². The van der Waals surface area contributed by atoms with E-state index in [0.29, 0.717) is 26.3 Å². The molecule has 1 saturated heterocycles. The molecule has 0 atom stereocenters. The van der Waals surface area contributed by atoms with Crippen molar-refractivity contribution in [2.75, 3.05) is 31.2 Å². The molecule has 0 aliphatic carbocycles. The van der Waals surface area contributed by atoms with Crippen LogP contribution in [-0.4, -0.2) is 38.1 Å². The third-order valence-corrected chi connectivity index (χ3v) is 6.39. The monoisotopic (exact) mass is 497 g/mol. The second-order valence-electron chi connectivity index (χ2n) is 7.97. The Morgan fingerprint density at radius 3 is 2.53 bits per heavy atom. The third-order valence-electron chi connectivity index (χ3n) is 5.89. The molecular formula is C25H28BrN3O3. The maximum Gasteiger partial charge on any atom is 0.227 e. The number of hydrogen-bond donors (Lipinski definition) is 1. The molecule has 7 heteroatoms. The second-order valence-corrected chi connectivity index (χ2v) is 8.88. The molecule has 0 aromatic heterocycles. The van der Waals surface area contributed by atoms with Crippen molar-refractivity contribution in [2.45, 2.75) is 37.5 Å². The van der Waals surface area contributed by atoms with Gasteiger partial charge in [0.2, 0.25) is 11.8 Å². The summed E-state index contributed by atoms with van der Waals surface area (Å²) in [5.41, 5.74) is 1.74. The van der Waals surface area contributed by atoms with E-state index in [2.05, 4.69) is 39.4 Å². The number of ether oxygens (including phenoxy) is 1. The molecule has 32 heavy (non-hydrogen) atoms. The van der Waals surface area contributed by atoms with Gasteiger partial charge in [0.15, 0.2) is 0 Å². The number of benzene rings is 2. The Morgan fingerprint density at radius 1 is 1.09 bits per heavy atom. The summed E-state index contributed by atoms with van der Waals surface area (Å²) in [6.07, 6.45) is 2.11. The van der Waals surface area contributed by atoms with Gasteiger partial charge in [0.05, 0.1) is 12.5 Å². The van der Waals surface area contributed by atoms with Gasteiger partial charge in [0, 0.05) is 54.7 Å². The first-order valence-corrected chi connectivity index (χ1v) is 11.7. The molecule has 0 radical (unpaired) electrons. The molecule has 1 heterocycles. The van der Waals surface area contributed by atoms with Crippen LogP contribution in [-0.2, 0) is 19.7 Å². The van der Waals surface area contributed by atoms with Crippen LogP contribution in [0.4, 0.5) is 5.69 Å². The van der Waals surface area contributed by atoms with Crippen LogP contribution in [0.15, 0.2) is 59.1 Å². The van der Waals surface area contributed by atoms with E-state index >= 15 is 0 Å². The van der Waals surface area contributed by atoms with Gasteiger partial charge in [-0.15, -0.1) is 0 Å². The highest BCUT2D eigenvalue weighted by Crippen LogP contribution is 2.35. The molecule has 0 unspecified atom stereocenters. The normalized spacial score (nSPS) is 14.9. The zero-order valence-electron chi connectivity index (χ0n) is 18.1. The standard InChI is InChI=1S/C25H28BrN3O3/c26-21-7-4-6-20(18-21)25(12-16-32-17-13-25)19-28-23(30)10-11-24(31)29(15-5-14-27)22-8-2-1-3-9-22/h1-4,6-9,18H,5,10-13,15-17,19H2,(H,28,30). The Morgan fingerprint density at radius 2 is 1.84 bits per heavy atom. The number of carbonyl (C=O) groups excluding carboxylic acids is 2. The molecule has 1 aliphatic heterocycles. The molecular weight excluding hydrogens is 470 g/mol. The molecule has 0 spiro atoms. The molecule has 0 bridgehead atoms. The summed E-state index contributed by atoms with van der Waals surface area (Å²) in [4.78, 5) is 27.0. The number of nitrogens with zero attached hydrogens (tertiary/aromatic N) is 2. The maximum absolute atomic E-state index is 12.8. The number of carbonyl (C=O) groups is 2. The predicted molar refractivity (Wildman–Crippen MR) is 127 cm³/mol. The van der Waals surface area contributed by atoms with Crippen LogP contribution < -0.4 is 10.2 Å². The Kier molecular flexibility index (Phi) is 8.83. The van der Waals surface area contributed by atoms with Crippen molar-refractivity contribution in [1.29, 1.82) is 5.26 Å². The van der Waals surface area contributed by atoms with Gasteiger partial charge in [0.25, 0.3) is 0 Å². The summed E-state index contributed by atoms with van der Waals surface area (Å²) in [5, 5.41) is 12.0. The number of nitrogens with one attached hydrogen (secondary N) is 1. The third kappa shape index (κ3) is 6.41. The molecule has 2 aromatic rings. The number of amides is 2. The maximum atomic E-state index is 12.8. The SMILES string of the molecule is N#CCCN(C(=O)CCC(=O)NCC1(c2cccc(Br)c2)CCOCC1)c1ccccc1. The Hall–Kier alpha value is -2.69. The van der Waals surface area contributed by atoms with Crippen LogP contribution in [0.1, 0.15) is 37.7 Å². The first-order chi connectivity index (χ1) is 15.5. The van der Waals surface area contributed by atoms with Crippen molar-refractivity contribution in [2.24, 2.45) is 0 Å². The quantitative estimate of drug-likeness (QED) is 0.558. The fourth-order valence-electron chi connectivity index (χ4n) is 4.03. The number of para-hydroxylation sites is 1. The molecule has 168 valence electrons. The number of halogens is 1. The van der Waals surface area contributed by atoms with Crippen LogP contribution >= 0.6 is 15.9 Å². The lowest BCUT2D eigenvalue weighted by Crippen LogP contribution is -2.44. The number of rotatable bonds is 9. The van der Waals surface area contributed by atoms with Crippen molar-refractivity contribution in [3.63, 3.8) is 0 Å². The van der Waals surface area contributed by atoms with Gasteiger partial charge in [-0.25, -0.2) is 0 Å². The molecule has 1 N–H and O–H groups in total. The number of anilines is 1. The Balaban J connectivity index is 1.59. The van der Waals surface area contributed by atoms with E-state index in [1.165, 1.54) is 5.56 Å². The predicted octanol–water partition coefficient (Wildman–Crippen LogP) is 4.34. The smallest absolute Gasteiger partial charge is 0.227 e. The van der Waals surface area contributed by atoms with Crippen molar-refractivity contribution in [3.8, 4) is 6.07 Å². The van der Waals surface area contributed by atoms with E-state index in [1.54, 1.807) is 4.90 Å². The minimum absolute atomic E-state index is 0.0964. The van der Waals surface area contributed by atoms with Crippen LogP contribution in [0.5, 0.6) is 0 Å². The summed E-state index contributed by atoms with van der Waals surface area (Å²) < 4.78 is 6.58. The van der Waals surface area contributed by atoms with Gasteiger partial charge in [-0.1, -0.05) is 46.3 Å². The van der Waals surface area contributed by atoms with E-state index in [-0.39, 0.29) is 36.5 Å². The molecule has 6 nitrogen and oxygen atoms in total. The van der Waals surface area contributed by atoms with Crippen molar-refractivity contribution in [3.05, 3.63) is 64.6 Å². The van der Waals surface area contributed by atoms with Gasteiger partial charge >= 0.3 is 0 Å². The Bertz CT molecular complexity index is 952. The minimum atomic E-state index is -0.176. The fourth-order valence-corrected chi connectivity index (χ4v) is 4.43. The van der Waals surface area contributed by atoms with Gasteiger partial charge < -0.3 is 15.0 Å². The van der Waals surface area contributed by atoms with Crippen LogP contribution in [0, 0.1) is 11.3 Å². The van der Waals surface area contributed by atoms with E-state index in [0.717, 1.165) is 23.0 Å². The topological polar surface area (TPSA) is 82.4 Å². The lowest BCUT2D eigenvalue weighted by atomic mass is 9.74. The summed E-state index contributed by atoms with van der Waals surface area (Å²) in [6.45, 7) is 2.14. The number of hydrogen-bond acceptors (Lipinski definition) is 4. The van der Waals surface area contributed by atoms with E-state index in [1.807, 2.05) is 42.5 Å². The summed E-state index contributed by atoms with van der Waals surface area (Å²) in [5.74, 6) is -0.304. The van der Waals surface area contributed by atoms with Crippen molar-refractivity contribution < 1.29 is 14.3 Å². The fraction of sp³-hybridized carbons (Fsp3) is 0.400. The average molecular weight is 498 g/mol. The van der Waals surface area contributed by atoms with Crippen LogP contribution in [0.2, 0.25) is 0 Å². The lowest BCUT2D eigenvalue weighted by Gasteiger charge is -2.38. The molecule has 3 rings (SSSR count). The molecule has 2 aromatic carbocycles. The lowest BCUT2D eigenvalue weighted by molar-refractivity contribution is -0.125. The Labute approximate surface area is 197 Å². The van der Waals surface area contributed by atoms with Crippen molar-refractivity contribution >= 4 is 33.4 Å². The first kappa shape index (κ1) is 24.0. The van der Waals surface area contributed by atoms with Gasteiger partial charge in [0.1, 0.15) is 0 Å². The highest BCUT2D eigenvalue weighted by Gasteiger charge is 2.35. The van der Waals surface area contributed by atoms with E-state index in [9.17, 15) is 9.59 Å². The largest absolute Gasteiger partial charge is 0.381 e. The van der Waals surface area contributed by atoms with E-state index in [4.69, 9.17) is 10.00 Å². The zero-order valence-corrected chi connectivity index (χ0v) is 19.6. The minimum Gasteiger partial charge on any atom is -0.381 e. The molecule has 1 aliphatic rings.